The van der Waals surface area contributed by atoms with Gasteiger partial charge in [-0.05, 0) is 100 Å². The number of aromatic nitrogens is 1. The standard InChI is InChI=1S/C23H9Br4Cl2N3O3S2/c24-17-15-16(18(25)20(27)19(17)26)22(35)32(21(15)34)9-2-4-12-13(6-9)37-23(31-12)36-7-14(33)30-11-3-1-8(28)5-10(11)29/h1-6H,7H2,(H,30,33). The van der Waals surface area contributed by atoms with Crippen LogP contribution in [0.4, 0.5) is 11.4 Å². The Kier molecular flexibility index (Phi) is 8.11. The van der Waals surface area contributed by atoms with Gasteiger partial charge in [-0.15, -0.1) is 11.3 Å². The molecular weight excluding hydrogens is 821 g/mol. The van der Waals surface area contributed by atoms with E-state index in [0.717, 1.165) is 9.60 Å². The molecule has 0 spiro atoms. The first-order valence-electron chi connectivity index (χ1n) is 10.1. The highest BCUT2D eigenvalue weighted by Crippen LogP contribution is 2.46. The number of thiazole rings is 1. The zero-order chi connectivity index (χ0) is 26.6. The van der Waals surface area contributed by atoms with Gasteiger partial charge in [0.05, 0.1) is 43.5 Å². The molecule has 6 nitrogen and oxygen atoms in total. The fraction of sp³-hybridized carbons (Fsp3) is 0.0435. The second kappa shape index (κ2) is 10.9. The highest BCUT2D eigenvalue weighted by molar-refractivity contribution is 9.15. The van der Waals surface area contributed by atoms with Gasteiger partial charge in [-0.1, -0.05) is 35.0 Å². The second-order valence-electron chi connectivity index (χ2n) is 7.54. The van der Waals surface area contributed by atoms with E-state index in [9.17, 15) is 14.4 Å². The maximum atomic E-state index is 13.3. The van der Waals surface area contributed by atoms with Crippen LogP contribution in [-0.4, -0.2) is 28.5 Å². The Hall–Kier alpha value is -0.990. The molecule has 0 aliphatic carbocycles. The van der Waals surface area contributed by atoms with Gasteiger partial charge in [0.15, 0.2) is 4.34 Å². The molecule has 1 aliphatic heterocycles. The molecule has 0 saturated heterocycles. The number of imide groups is 1. The third-order valence-electron chi connectivity index (χ3n) is 5.24. The minimum absolute atomic E-state index is 0.121. The summed E-state index contributed by atoms with van der Waals surface area (Å²) in [5.74, 6) is -0.988. The summed E-state index contributed by atoms with van der Waals surface area (Å²) in [4.78, 5) is 44.7. The summed E-state index contributed by atoms with van der Waals surface area (Å²) >= 11 is 28.4. The van der Waals surface area contributed by atoms with Crippen molar-refractivity contribution in [3.05, 3.63) is 75.5 Å². The van der Waals surface area contributed by atoms with Gasteiger partial charge in [0.2, 0.25) is 5.91 Å². The molecule has 1 aromatic heterocycles. The van der Waals surface area contributed by atoms with E-state index in [1.54, 1.807) is 36.4 Å². The van der Waals surface area contributed by atoms with Crippen LogP contribution < -0.4 is 10.2 Å². The van der Waals surface area contributed by atoms with Crippen molar-refractivity contribution in [2.24, 2.45) is 0 Å². The van der Waals surface area contributed by atoms with Crippen LogP contribution in [0, 0.1) is 0 Å². The number of hydrogen-bond donors (Lipinski definition) is 1. The topological polar surface area (TPSA) is 79.4 Å². The summed E-state index contributed by atoms with van der Waals surface area (Å²) < 4.78 is 3.69. The fourth-order valence-electron chi connectivity index (χ4n) is 3.58. The van der Waals surface area contributed by atoms with Gasteiger partial charge in [-0.25, -0.2) is 9.88 Å². The summed E-state index contributed by atoms with van der Waals surface area (Å²) in [7, 11) is 0. The Morgan fingerprint density at radius 1 is 0.946 bits per heavy atom. The lowest BCUT2D eigenvalue weighted by molar-refractivity contribution is -0.113. The van der Waals surface area contributed by atoms with E-state index in [0.29, 0.717) is 49.2 Å². The molecule has 5 rings (SSSR count). The Balaban J connectivity index is 1.36. The normalized spacial score (nSPS) is 13.0. The van der Waals surface area contributed by atoms with E-state index in [-0.39, 0.29) is 22.8 Å². The Labute approximate surface area is 262 Å². The van der Waals surface area contributed by atoms with Crippen molar-refractivity contribution in [3.8, 4) is 0 Å². The lowest BCUT2D eigenvalue weighted by Gasteiger charge is -2.13. The summed E-state index contributed by atoms with van der Waals surface area (Å²) in [6.07, 6.45) is 0. The number of halogens is 6. The van der Waals surface area contributed by atoms with Gasteiger partial charge in [-0.3, -0.25) is 14.4 Å². The number of benzene rings is 3. The SMILES string of the molecule is O=C(CSc1nc2ccc(N3C(=O)c4c(Br)c(Br)c(Br)c(Br)c4C3=O)cc2s1)Nc1ccc(Cl)cc1Cl. The van der Waals surface area contributed by atoms with Crippen molar-refractivity contribution < 1.29 is 14.4 Å². The van der Waals surface area contributed by atoms with Crippen LogP contribution in [0.1, 0.15) is 20.7 Å². The largest absolute Gasteiger partial charge is 0.324 e. The van der Waals surface area contributed by atoms with Gasteiger partial charge >= 0.3 is 0 Å². The molecule has 3 aromatic carbocycles. The number of anilines is 2. The number of fused-ring (bicyclic) bond motifs is 2. The molecule has 4 aromatic rings. The molecule has 188 valence electrons. The molecule has 1 N–H and O–H groups in total. The zero-order valence-corrected chi connectivity index (χ0v) is 27.4. The lowest BCUT2D eigenvalue weighted by Crippen LogP contribution is -2.29. The van der Waals surface area contributed by atoms with Crippen molar-refractivity contribution >= 4 is 149 Å². The molecule has 0 radical (unpaired) electrons. The van der Waals surface area contributed by atoms with E-state index in [4.69, 9.17) is 23.2 Å². The van der Waals surface area contributed by atoms with Crippen LogP contribution in [0.5, 0.6) is 0 Å². The zero-order valence-electron chi connectivity index (χ0n) is 17.9. The molecular formula is C23H9Br4Cl2N3O3S2. The summed E-state index contributed by atoms with van der Waals surface area (Å²) in [6.45, 7) is 0. The number of nitrogens with zero attached hydrogens (tertiary/aromatic N) is 2. The van der Waals surface area contributed by atoms with E-state index in [1.165, 1.54) is 23.1 Å². The lowest BCUT2D eigenvalue weighted by atomic mass is 10.1. The van der Waals surface area contributed by atoms with Crippen molar-refractivity contribution in [2.45, 2.75) is 4.34 Å². The first-order chi connectivity index (χ1) is 17.6. The number of carbonyl (C=O) groups is 3. The third-order valence-corrected chi connectivity index (χ3v) is 12.7. The number of amides is 3. The molecule has 0 bridgehead atoms. The average Bonchev–Trinajstić information content (AvgIpc) is 3.38. The highest BCUT2D eigenvalue weighted by Gasteiger charge is 2.42. The number of hydrogen-bond acceptors (Lipinski definition) is 6. The number of carbonyl (C=O) groups excluding carboxylic acids is 3. The van der Waals surface area contributed by atoms with Gasteiger partial charge in [0.1, 0.15) is 0 Å². The van der Waals surface area contributed by atoms with Crippen LogP contribution in [0.3, 0.4) is 0 Å². The van der Waals surface area contributed by atoms with Crippen LogP contribution >= 0.6 is 110 Å². The molecule has 0 unspecified atom stereocenters. The van der Waals surface area contributed by atoms with Gasteiger partial charge in [0, 0.05) is 22.9 Å². The van der Waals surface area contributed by atoms with E-state index >= 15 is 0 Å². The maximum Gasteiger partial charge on any atom is 0.267 e. The van der Waals surface area contributed by atoms with Crippen molar-refractivity contribution in [1.29, 1.82) is 0 Å². The van der Waals surface area contributed by atoms with Crippen molar-refractivity contribution in [3.63, 3.8) is 0 Å². The van der Waals surface area contributed by atoms with E-state index < -0.39 is 11.8 Å². The minimum Gasteiger partial charge on any atom is -0.324 e. The number of rotatable bonds is 5. The summed E-state index contributed by atoms with van der Waals surface area (Å²) in [5.41, 5.74) is 2.16. The van der Waals surface area contributed by atoms with Crippen LogP contribution in [0.15, 0.2) is 58.6 Å². The average molecular weight is 830 g/mol. The molecule has 1 aliphatic rings. The molecule has 14 heteroatoms. The Morgan fingerprint density at radius 2 is 1.59 bits per heavy atom. The summed E-state index contributed by atoms with van der Waals surface area (Å²) in [6, 6.07) is 10.0. The molecule has 0 atom stereocenters. The number of thioether (sulfide) groups is 1. The minimum atomic E-state index is -0.434. The Morgan fingerprint density at radius 3 is 2.22 bits per heavy atom. The van der Waals surface area contributed by atoms with Crippen LogP contribution in [0.2, 0.25) is 10.0 Å². The highest BCUT2D eigenvalue weighted by atomic mass is 79.9. The first kappa shape index (κ1) is 27.6. The summed E-state index contributed by atoms with van der Waals surface area (Å²) in [5, 5.41) is 3.59. The smallest absolute Gasteiger partial charge is 0.267 e. The quantitative estimate of drug-likeness (QED) is 0.0940. The second-order valence-corrected chi connectivity index (χ2v) is 13.8. The van der Waals surface area contributed by atoms with E-state index in [2.05, 4.69) is 74.0 Å². The predicted octanol–water partition coefficient (Wildman–Crippen LogP) is 9.18. The maximum absolute atomic E-state index is 13.3. The van der Waals surface area contributed by atoms with Crippen LogP contribution in [-0.2, 0) is 4.79 Å². The van der Waals surface area contributed by atoms with Gasteiger partial charge in [-0.2, -0.15) is 0 Å². The molecule has 3 amide bonds. The third kappa shape index (κ3) is 5.16. The molecule has 0 saturated carbocycles. The van der Waals surface area contributed by atoms with Crippen LogP contribution in [0.25, 0.3) is 10.2 Å². The molecule has 2 heterocycles. The van der Waals surface area contributed by atoms with Crippen molar-refractivity contribution in [2.75, 3.05) is 16.0 Å². The number of nitrogens with one attached hydrogen (secondary N) is 1. The molecule has 0 fully saturated rings. The first-order valence-corrected chi connectivity index (χ1v) is 15.8. The van der Waals surface area contributed by atoms with Crippen molar-refractivity contribution in [1.82, 2.24) is 4.98 Å². The Bertz CT molecular complexity index is 1620. The van der Waals surface area contributed by atoms with E-state index in [1.807, 2.05) is 0 Å². The monoisotopic (exact) mass is 825 g/mol. The predicted molar refractivity (Wildman–Crippen MR) is 164 cm³/mol. The van der Waals surface area contributed by atoms with Gasteiger partial charge in [0.25, 0.3) is 11.8 Å². The fourth-order valence-corrected chi connectivity index (χ4v) is 8.40. The van der Waals surface area contributed by atoms with Gasteiger partial charge < -0.3 is 5.32 Å². The molecule has 37 heavy (non-hydrogen) atoms.